The summed E-state index contributed by atoms with van der Waals surface area (Å²) in [5.41, 5.74) is 3.73. The van der Waals surface area contributed by atoms with Crippen LogP contribution >= 0.6 is 15.9 Å². The first-order chi connectivity index (χ1) is 15.1. The van der Waals surface area contributed by atoms with Crippen LogP contribution in [0.3, 0.4) is 0 Å². The Hall–Kier alpha value is -2.48. The summed E-state index contributed by atoms with van der Waals surface area (Å²) in [4.78, 5) is 29.4. The Morgan fingerprint density at radius 1 is 1.16 bits per heavy atom. The molecule has 7 nitrogen and oxygen atoms in total. The molecule has 1 N–H and O–H groups in total. The molecule has 0 radical (unpaired) electrons. The van der Waals surface area contributed by atoms with Gasteiger partial charge in [0.05, 0.1) is 5.92 Å². The summed E-state index contributed by atoms with van der Waals surface area (Å²) in [5.74, 6) is 1.97. The fourth-order valence-corrected chi connectivity index (χ4v) is 5.22. The van der Waals surface area contributed by atoms with Crippen LogP contribution in [0.15, 0.2) is 29.0 Å². The summed E-state index contributed by atoms with van der Waals surface area (Å²) in [5, 5.41) is 3.12. The van der Waals surface area contributed by atoms with Crippen molar-refractivity contribution in [2.24, 2.45) is 5.92 Å². The van der Waals surface area contributed by atoms with E-state index in [-0.39, 0.29) is 11.8 Å². The zero-order valence-electron chi connectivity index (χ0n) is 17.8. The molecule has 5 rings (SSSR count). The van der Waals surface area contributed by atoms with Gasteiger partial charge in [0, 0.05) is 36.2 Å². The minimum absolute atomic E-state index is 0.0704. The smallest absolute Gasteiger partial charge is 0.229 e. The van der Waals surface area contributed by atoms with Crippen LogP contribution in [0.4, 0.5) is 11.5 Å². The van der Waals surface area contributed by atoms with Crippen molar-refractivity contribution in [3.05, 3.63) is 40.4 Å². The van der Waals surface area contributed by atoms with Gasteiger partial charge in [-0.3, -0.25) is 4.79 Å². The van der Waals surface area contributed by atoms with Gasteiger partial charge in [0.2, 0.25) is 5.91 Å². The van der Waals surface area contributed by atoms with E-state index in [1.807, 2.05) is 25.1 Å². The third-order valence-electron chi connectivity index (χ3n) is 6.41. The molecular formula is C23H27BrN6O. The quantitative estimate of drug-likeness (QED) is 0.595. The summed E-state index contributed by atoms with van der Waals surface area (Å²) in [6, 6.07) is 5.92. The van der Waals surface area contributed by atoms with Gasteiger partial charge in [0.25, 0.3) is 0 Å². The van der Waals surface area contributed by atoms with Crippen LogP contribution in [-0.4, -0.2) is 38.5 Å². The highest BCUT2D eigenvalue weighted by Gasteiger charge is 2.29. The number of rotatable bonds is 3. The van der Waals surface area contributed by atoms with Crippen LogP contribution in [0.2, 0.25) is 0 Å². The van der Waals surface area contributed by atoms with Gasteiger partial charge in [0.1, 0.15) is 12.2 Å². The Bertz CT molecular complexity index is 1130. The van der Waals surface area contributed by atoms with Gasteiger partial charge >= 0.3 is 0 Å². The number of aromatic nitrogens is 4. The molecule has 162 valence electrons. The molecule has 1 fully saturated rings. The predicted molar refractivity (Wildman–Crippen MR) is 125 cm³/mol. The van der Waals surface area contributed by atoms with Gasteiger partial charge in [0.15, 0.2) is 17.0 Å². The molecule has 1 amide bonds. The van der Waals surface area contributed by atoms with Crippen molar-refractivity contribution in [3.63, 3.8) is 0 Å². The standard InChI is InChI=1S/C23H27BrN6O/c1-15-12-17(24)8-9-18(15)27-23(31)16-6-5-10-29(13-16)21-20-22(26-14-25-21)30-11-4-2-3-7-19(30)28-20/h8-9,12,14,16H,2-7,10-11,13H2,1H3,(H,27,31)/t16-/m1/s1. The van der Waals surface area contributed by atoms with Gasteiger partial charge in [-0.15, -0.1) is 0 Å². The lowest BCUT2D eigenvalue weighted by Gasteiger charge is -2.33. The lowest BCUT2D eigenvalue weighted by atomic mass is 9.96. The second kappa shape index (κ2) is 8.57. The number of imidazole rings is 1. The fourth-order valence-electron chi connectivity index (χ4n) is 4.74. The van der Waals surface area contributed by atoms with Crippen molar-refractivity contribution in [3.8, 4) is 0 Å². The van der Waals surface area contributed by atoms with E-state index in [4.69, 9.17) is 4.98 Å². The third-order valence-corrected chi connectivity index (χ3v) is 6.91. The highest BCUT2D eigenvalue weighted by Crippen LogP contribution is 2.30. The van der Waals surface area contributed by atoms with Crippen molar-refractivity contribution in [2.45, 2.75) is 52.0 Å². The van der Waals surface area contributed by atoms with Crippen LogP contribution in [0.25, 0.3) is 11.2 Å². The topological polar surface area (TPSA) is 75.9 Å². The molecule has 2 aliphatic heterocycles. The molecule has 4 heterocycles. The molecular weight excluding hydrogens is 456 g/mol. The fraction of sp³-hybridized carbons (Fsp3) is 0.478. The van der Waals surface area contributed by atoms with E-state index in [2.05, 4.69) is 40.7 Å². The summed E-state index contributed by atoms with van der Waals surface area (Å²) in [7, 11) is 0. The number of hydrogen-bond donors (Lipinski definition) is 1. The summed E-state index contributed by atoms with van der Waals surface area (Å²) in [6.07, 6.45) is 8.05. The van der Waals surface area contributed by atoms with Crippen LogP contribution in [0.1, 0.15) is 43.5 Å². The Morgan fingerprint density at radius 2 is 2.06 bits per heavy atom. The minimum Gasteiger partial charge on any atom is -0.354 e. The number of halogens is 1. The maximum atomic E-state index is 13.0. The minimum atomic E-state index is -0.0812. The number of carbonyl (C=O) groups excluding carboxylic acids is 1. The number of benzene rings is 1. The average molecular weight is 483 g/mol. The lowest BCUT2D eigenvalue weighted by molar-refractivity contribution is -0.120. The highest BCUT2D eigenvalue weighted by atomic mass is 79.9. The van der Waals surface area contributed by atoms with E-state index < -0.39 is 0 Å². The van der Waals surface area contributed by atoms with Crippen LogP contribution in [0.5, 0.6) is 0 Å². The Balaban J connectivity index is 1.38. The number of hydrogen-bond acceptors (Lipinski definition) is 5. The normalized spacial score (nSPS) is 19.2. The molecule has 0 bridgehead atoms. The first-order valence-corrected chi connectivity index (χ1v) is 11.9. The number of piperidine rings is 1. The first kappa shape index (κ1) is 20.4. The lowest BCUT2D eigenvalue weighted by Crippen LogP contribution is -2.41. The molecule has 3 aromatic rings. The third kappa shape index (κ3) is 4.05. The molecule has 2 aliphatic rings. The van der Waals surface area contributed by atoms with Gasteiger partial charge in [-0.05, 0) is 56.4 Å². The van der Waals surface area contributed by atoms with Crippen molar-refractivity contribution < 1.29 is 4.79 Å². The number of amides is 1. The van der Waals surface area contributed by atoms with Gasteiger partial charge < -0.3 is 14.8 Å². The van der Waals surface area contributed by atoms with E-state index in [0.717, 1.165) is 70.9 Å². The number of nitrogens with zero attached hydrogens (tertiary/aromatic N) is 5. The predicted octanol–water partition coefficient (Wildman–Crippen LogP) is 4.48. The van der Waals surface area contributed by atoms with E-state index in [1.165, 1.54) is 19.3 Å². The Labute approximate surface area is 190 Å². The molecule has 0 aliphatic carbocycles. The van der Waals surface area contributed by atoms with Gasteiger partial charge in [-0.1, -0.05) is 22.4 Å². The number of carbonyl (C=O) groups is 1. The summed E-state index contributed by atoms with van der Waals surface area (Å²) in [6.45, 7) is 4.51. The molecule has 0 unspecified atom stereocenters. The van der Waals surface area contributed by atoms with E-state index in [1.54, 1.807) is 6.33 Å². The maximum Gasteiger partial charge on any atom is 0.229 e. The molecule has 31 heavy (non-hydrogen) atoms. The van der Waals surface area contributed by atoms with Crippen molar-refractivity contribution in [1.29, 1.82) is 0 Å². The molecule has 1 aromatic carbocycles. The largest absolute Gasteiger partial charge is 0.354 e. The van der Waals surface area contributed by atoms with Gasteiger partial charge in [-0.25, -0.2) is 15.0 Å². The van der Waals surface area contributed by atoms with Crippen LogP contribution in [0, 0.1) is 12.8 Å². The number of nitrogens with one attached hydrogen (secondary N) is 1. The van der Waals surface area contributed by atoms with Crippen molar-refractivity contribution >= 4 is 44.5 Å². The Kier molecular flexibility index (Phi) is 5.65. The monoisotopic (exact) mass is 482 g/mol. The van der Waals surface area contributed by atoms with E-state index in [9.17, 15) is 4.79 Å². The molecule has 2 aromatic heterocycles. The average Bonchev–Trinajstić information content (AvgIpc) is 2.96. The zero-order chi connectivity index (χ0) is 21.4. The van der Waals surface area contributed by atoms with Crippen LogP contribution < -0.4 is 10.2 Å². The number of anilines is 2. The molecule has 1 saturated heterocycles. The molecule has 0 spiro atoms. The summed E-state index contributed by atoms with van der Waals surface area (Å²) >= 11 is 3.48. The van der Waals surface area contributed by atoms with Crippen LogP contribution in [-0.2, 0) is 17.8 Å². The SMILES string of the molecule is Cc1cc(Br)ccc1NC(=O)[C@@H]1CCCN(c2ncnc3c2nc2n3CCCCC2)C1. The Morgan fingerprint density at radius 3 is 2.94 bits per heavy atom. The molecule has 1 atom stereocenters. The van der Waals surface area contributed by atoms with E-state index in [0.29, 0.717) is 6.54 Å². The van der Waals surface area contributed by atoms with Crippen molar-refractivity contribution in [1.82, 2.24) is 19.5 Å². The zero-order valence-corrected chi connectivity index (χ0v) is 19.4. The maximum absolute atomic E-state index is 13.0. The highest BCUT2D eigenvalue weighted by molar-refractivity contribution is 9.10. The number of fused-ring (bicyclic) bond motifs is 3. The van der Waals surface area contributed by atoms with Gasteiger partial charge in [-0.2, -0.15) is 0 Å². The second-order valence-electron chi connectivity index (χ2n) is 8.59. The second-order valence-corrected chi connectivity index (χ2v) is 9.51. The molecule has 0 saturated carbocycles. The van der Waals surface area contributed by atoms with Crippen molar-refractivity contribution in [2.75, 3.05) is 23.3 Å². The summed E-state index contributed by atoms with van der Waals surface area (Å²) < 4.78 is 3.27. The first-order valence-electron chi connectivity index (χ1n) is 11.1. The molecule has 8 heteroatoms. The van der Waals surface area contributed by atoms with E-state index >= 15 is 0 Å². The number of aryl methyl sites for hydroxylation is 3.